The lowest BCUT2D eigenvalue weighted by molar-refractivity contribution is -0.123. The molecule has 1 N–H and O–H groups in total. The first-order valence-electron chi connectivity index (χ1n) is 7.60. The average Bonchev–Trinajstić information content (AvgIpc) is 2.55. The van der Waals surface area contributed by atoms with Gasteiger partial charge >= 0.3 is 5.97 Å². The summed E-state index contributed by atoms with van der Waals surface area (Å²) in [7, 11) is 0. The predicted octanol–water partition coefficient (Wildman–Crippen LogP) is 3.55. The number of nitrogens with one attached hydrogen (secondary N) is 1. The summed E-state index contributed by atoms with van der Waals surface area (Å²) in [5.74, 6) is -2.94. The Morgan fingerprint density at radius 1 is 1.12 bits per heavy atom. The van der Waals surface area contributed by atoms with Crippen LogP contribution in [0.4, 0.5) is 14.5 Å². The summed E-state index contributed by atoms with van der Waals surface area (Å²) in [5.41, 5.74) is 0.112. The van der Waals surface area contributed by atoms with E-state index in [0.29, 0.717) is 24.1 Å². The highest BCUT2D eigenvalue weighted by Crippen LogP contribution is 2.24. The summed E-state index contributed by atoms with van der Waals surface area (Å²) in [6.45, 7) is 3.58. The standard InChI is InChI=1S/C18H17F2NO4/c1-3-24-16-7-5-4-6-15(16)21-17(22)11(2)25-18(23)12-8-13(19)10-14(20)9-12/h4-11H,3H2,1-2H3,(H,21,22). The number of carbonyl (C=O) groups excluding carboxylic acids is 2. The van der Waals surface area contributed by atoms with Gasteiger partial charge < -0.3 is 14.8 Å². The molecule has 2 aromatic rings. The Kier molecular flexibility index (Phi) is 6.05. The number of rotatable bonds is 6. The third kappa shape index (κ3) is 5.00. The van der Waals surface area contributed by atoms with Gasteiger partial charge in [-0.3, -0.25) is 4.79 Å². The summed E-state index contributed by atoms with van der Waals surface area (Å²) < 4.78 is 36.6. The zero-order chi connectivity index (χ0) is 18.4. The molecular formula is C18H17F2NO4. The maximum absolute atomic E-state index is 13.1. The minimum Gasteiger partial charge on any atom is -0.492 e. The Labute approximate surface area is 143 Å². The van der Waals surface area contributed by atoms with E-state index in [1.54, 1.807) is 31.2 Å². The number of amides is 1. The summed E-state index contributed by atoms with van der Waals surface area (Å²) in [5, 5.41) is 2.59. The number of hydrogen-bond donors (Lipinski definition) is 1. The molecule has 132 valence electrons. The van der Waals surface area contributed by atoms with Gasteiger partial charge in [0.2, 0.25) is 0 Å². The van der Waals surface area contributed by atoms with Crippen molar-refractivity contribution in [2.75, 3.05) is 11.9 Å². The molecule has 0 bridgehead atoms. The minimum atomic E-state index is -1.17. The van der Waals surface area contributed by atoms with E-state index in [-0.39, 0.29) is 5.56 Å². The molecule has 0 radical (unpaired) electrons. The molecule has 0 aliphatic carbocycles. The normalized spacial score (nSPS) is 11.5. The van der Waals surface area contributed by atoms with Crippen LogP contribution in [0.15, 0.2) is 42.5 Å². The maximum Gasteiger partial charge on any atom is 0.339 e. The topological polar surface area (TPSA) is 64.6 Å². The van der Waals surface area contributed by atoms with E-state index >= 15 is 0 Å². The third-order valence-electron chi connectivity index (χ3n) is 3.20. The van der Waals surface area contributed by atoms with Gasteiger partial charge in [0.1, 0.15) is 17.4 Å². The van der Waals surface area contributed by atoms with Crippen LogP contribution in [-0.2, 0) is 9.53 Å². The zero-order valence-electron chi connectivity index (χ0n) is 13.7. The number of carbonyl (C=O) groups is 2. The van der Waals surface area contributed by atoms with E-state index in [9.17, 15) is 18.4 Å². The molecule has 0 aliphatic heterocycles. The van der Waals surface area contributed by atoms with Gasteiger partial charge in [0, 0.05) is 6.07 Å². The quantitative estimate of drug-likeness (QED) is 0.810. The van der Waals surface area contributed by atoms with Gasteiger partial charge in [-0.25, -0.2) is 13.6 Å². The molecule has 7 heteroatoms. The van der Waals surface area contributed by atoms with E-state index in [1.807, 2.05) is 0 Å². The lowest BCUT2D eigenvalue weighted by atomic mass is 10.2. The van der Waals surface area contributed by atoms with Gasteiger partial charge in [-0.05, 0) is 38.1 Å². The first-order valence-corrected chi connectivity index (χ1v) is 7.60. The molecule has 0 saturated carbocycles. The molecule has 0 aliphatic rings. The molecule has 5 nitrogen and oxygen atoms in total. The van der Waals surface area contributed by atoms with Crippen molar-refractivity contribution in [2.45, 2.75) is 20.0 Å². The number of ether oxygens (including phenoxy) is 2. The van der Waals surface area contributed by atoms with Crippen LogP contribution in [0.5, 0.6) is 5.75 Å². The highest BCUT2D eigenvalue weighted by atomic mass is 19.1. The van der Waals surface area contributed by atoms with E-state index < -0.39 is 29.6 Å². The maximum atomic E-state index is 13.1. The Balaban J connectivity index is 2.04. The number of para-hydroxylation sites is 2. The van der Waals surface area contributed by atoms with Crippen molar-refractivity contribution in [3.8, 4) is 5.75 Å². The Morgan fingerprint density at radius 2 is 1.76 bits per heavy atom. The van der Waals surface area contributed by atoms with Gasteiger partial charge in [-0.2, -0.15) is 0 Å². The molecule has 0 saturated heterocycles. The highest BCUT2D eigenvalue weighted by Gasteiger charge is 2.21. The fourth-order valence-electron chi connectivity index (χ4n) is 2.04. The van der Waals surface area contributed by atoms with Crippen LogP contribution in [0.1, 0.15) is 24.2 Å². The molecule has 1 atom stereocenters. The number of anilines is 1. The molecule has 0 heterocycles. The van der Waals surface area contributed by atoms with Crippen molar-refractivity contribution >= 4 is 17.6 Å². The van der Waals surface area contributed by atoms with Crippen molar-refractivity contribution in [1.29, 1.82) is 0 Å². The van der Waals surface area contributed by atoms with Crippen molar-refractivity contribution in [2.24, 2.45) is 0 Å². The van der Waals surface area contributed by atoms with E-state index in [4.69, 9.17) is 9.47 Å². The van der Waals surface area contributed by atoms with Gasteiger partial charge in [-0.15, -0.1) is 0 Å². The predicted molar refractivity (Wildman–Crippen MR) is 87.5 cm³/mol. The molecule has 2 aromatic carbocycles. The smallest absolute Gasteiger partial charge is 0.339 e. The van der Waals surface area contributed by atoms with Crippen LogP contribution >= 0.6 is 0 Å². The summed E-state index contributed by atoms with van der Waals surface area (Å²) in [4.78, 5) is 24.1. The number of esters is 1. The molecule has 0 spiro atoms. The van der Waals surface area contributed by atoms with Crippen LogP contribution in [0.3, 0.4) is 0 Å². The van der Waals surface area contributed by atoms with E-state index in [2.05, 4.69) is 5.32 Å². The summed E-state index contributed by atoms with van der Waals surface area (Å²) in [6, 6.07) is 9.09. The highest BCUT2D eigenvalue weighted by molar-refractivity contribution is 5.98. The lowest BCUT2D eigenvalue weighted by Crippen LogP contribution is -2.30. The van der Waals surface area contributed by atoms with E-state index in [1.165, 1.54) is 6.92 Å². The van der Waals surface area contributed by atoms with Gasteiger partial charge in [0.25, 0.3) is 5.91 Å². The molecule has 2 rings (SSSR count). The molecule has 1 unspecified atom stereocenters. The molecule has 25 heavy (non-hydrogen) atoms. The van der Waals surface area contributed by atoms with Crippen LogP contribution in [0, 0.1) is 11.6 Å². The van der Waals surface area contributed by atoms with Crippen molar-refractivity contribution in [1.82, 2.24) is 0 Å². The second-order valence-corrected chi connectivity index (χ2v) is 5.12. The fourth-order valence-corrected chi connectivity index (χ4v) is 2.04. The molecule has 0 aromatic heterocycles. The largest absolute Gasteiger partial charge is 0.492 e. The van der Waals surface area contributed by atoms with Crippen molar-refractivity contribution in [3.05, 3.63) is 59.7 Å². The molecule has 1 amide bonds. The number of hydrogen-bond acceptors (Lipinski definition) is 4. The van der Waals surface area contributed by atoms with Crippen LogP contribution in [-0.4, -0.2) is 24.6 Å². The molecule has 0 fully saturated rings. The van der Waals surface area contributed by atoms with Crippen LogP contribution in [0.25, 0.3) is 0 Å². The van der Waals surface area contributed by atoms with E-state index in [0.717, 1.165) is 12.1 Å². The van der Waals surface area contributed by atoms with Gasteiger partial charge in [0.15, 0.2) is 6.10 Å². The fraction of sp³-hybridized carbons (Fsp3) is 0.222. The first-order chi connectivity index (χ1) is 11.9. The van der Waals surface area contributed by atoms with Crippen molar-refractivity contribution < 1.29 is 27.8 Å². The second-order valence-electron chi connectivity index (χ2n) is 5.12. The SMILES string of the molecule is CCOc1ccccc1NC(=O)C(C)OC(=O)c1cc(F)cc(F)c1. The third-order valence-corrected chi connectivity index (χ3v) is 3.20. The summed E-state index contributed by atoms with van der Waals surface area (Å²) >= 11 is 0. The van der Waals surface area contributed by atoms with Gasteiger partial charge in [-0.1, -0.05) is 12.1 Å². The minimum absolute atomic E-state index is 0.313. The lowest BCUT2D eigenvalue weighted by Gasteiger charge is -2.15. The number of halogens is 2. The molecular weight excluding hydrogens is 332 g/mol. The van der Waals surface area contributed by atoms with Crippen molar-refractivity contribution in [3.63, 3.8) is 0 Å². The van der Waals surface area contributed by atoms with Gasteiger partial charge in [0.05, 0.1) is 17.9 Å². The zero-order valence-corrected chi connectivity index (χ0v) is 13.7. The monoisotopic (exact) mass is 349 g/mol. The average molecular weight is 349 g/mol. The second kappa shape index (κ2) is 8.23. The Bertz CT molecular complexity index is 759. The van der Waals surface area contributed by atoms with Crippen LogP contribution < -0.4 is 10.1 Å². The number of benzene rings is 2. The Morgan fingerprint density at radius 3 is 2.40 bits per heavy atom. The summed E-state index contributed by atoms with van der Waals surface area (Å²) in [6.07, 6.45) is -1.17. The first kappa shape index (κ1) is 18.4. The van der Waals surface area contributed by atoms with Crippen LogP contribution in [0.2, 0.25) is 0 Å². The Hall–Kier alpha value is -2.96.